The first-order valence-electron chi connectivity index (χ1n) is 30.4. The molecule has 0 spiro atoms. The number of nitrogens with one attached hydrogen (secondary N) is 10. The van der Waals surface area contributed by atoms with Crippen LogP contribution in [-0.2, 0) is 54.4 Å². The second-order valence-electron chi connectivity index (χ2n) is 21.6. The van der Waals surface area contributed by atoms with Gasteiger partial charge in [-0.1, -0.05) is 6.42 Å². The lowest BCUT2D eigenvalue weighted by Crippen LogP contribution is -2.63. The van der Waals surface area contributed by atoms with Gasteiger partial charge in [-0.15, -0.1) is 0 Å². The SMILES string of the molecule is NCCCCNC(=O)[C@H](CCCCN)NC(=O)[C@@H](CCCCN)NC(=O)[C@H](CCCCN)NC(=O)C(Cc1cnc[nH]1)NC(=O)[C@@H]1CCCN1C(=O)[C@@H](CCCN)NC(=O)CNC(=O)[C@@H](NC(=O)[C@@H](NC(=O)C(N)CCCCN)C(O)CN)[C@@H](O)CN. The lowest BCUT2D eigenvalue weighted by atomic mass is 10.0. The number of amides is 10. The maximum absolute atomic E-state index is 14.5. The van der Waals surface area contributed by atoms with Crippen LogP contribution in [0.2, 0.25) is 0 Å². The average molecular weight is 1240 g/mol. The molecule has 0 saturated carbocycles. The smallest absolute Gasteiger partial charge is 0.246 e. The molecule has 33 nitrogen and oxygen atoms in total. The summed E-state index contributed by atoms with van der Waals surface area (Å²) in [5.74, 6) is -7.90. The number of likely N-dealkylation sites (tertiary alicyclic amines) is 1. The number of hydrogen-bond acceptors (Lipinski definition) is 22. The summed E-state index contributed by atoms with van der Waals surface area (Å²) in [5, 5.41) is 44.7. The predicted octanol–water partition coefficient (Wildman–Crippen LogP) is -8.47. The Morgan fingerprint density at radius 2 is 0.989 bits per heavy atom. The van der Waals surface area contributed by atoms with Crippen LogP contribution >= 0.6 is 0 Å². The molecule has 1 aromatic heterocycles. The van der Waals surface area contributed by atoms with Crippen LogP contribution in [0.5, 0.6) is 0 Å². The summed E-state index contributed by atoms with van der Waals surface area (Å²) in [6.07, 6.45) is 6.09. The van der Waals surface area contributed by atoms with Crippen molar-refractivity contribution in [2.75, 3.05) is 72.0 Å². The van der Waals surface area contributed by atoms with Gasteiger partial charge in [-0.3, -0.25) is 47.9 Å². The minimum atomic E-state index is -1.83. The van der Waals surface area contributed by atoms with Crippen molar-refractivity contribution in [1.82, 2.24) is 62.7 Å². The van der Waals surface area contributed by atoms with Crippen LogP contribution in [0.25, 0.3) is 0 Å². The van der Waals surface area contributed by atoms with Crippen LogP contribution in [0.1, 0.15) is 121 Å². The topological polar surface area (TPSA) is 586 Å². The third-order valence-corrected chi connectivity index (χ3v) is 14.6. The molecule has 1 aromatic rings. The number of unbranched alkanes of at least 4 members (excludes halogenated alkanes) is 5. The van der Waals surface area contributed by atoms with E-state index in [0.29, 0.717) is 109 Å². The van der Waals surface area contributed by atoms with Crippen molar-refractivity contribution in [1.29, 1.82) is 0 Å². The Bertz CT molecular complexity index is 2240. The number of aromatic nitrogens is 2. The molecular weight excluding hydrogens is 1130 g/mol. The Morgan fingerprint density at radius 3 is 1.49 bits per heavy atom. The summed E-state index contributed by atoms with van der Waals surface area (Å²) in [6, 6.07) is -11.8. The van der Waals surface area contributed by atoms with Crippen molar-refractivity contribution < 1.29 is 58.2 Å². The number of nitrogens with zero attached hydrogens (tertiary/aromatic N) is 2. The molecule has 1 saturated heterocycles. The van der Waals surface area contributed by atoms with Crippen molar-refractivity contribution in [3.8, 4) is 0 Å². The highest BCUT2D eigenvalue weighted by molar-refractivity contribution is 5.98. The first kappa shape index (κ1) is 76.6. The highest BCUT2D eigenvalue weighted by Gasteiger charge is 2.40. The lowest BCUT2D eigenvalue weighted by molar-refractivity contribution is -0.142. The minimum absolute atomic E-state index is 0.00792. The molecule has 2 rings (SSSR count). The number of aliphatic hydroxyl groups is 2. The first-order valence-corrected chi connectivity index (χ1v) is 30.4. The molecule has 33 heteroatoms. The highest BCUT2D eigenvalue weighted by Crippen LogP contribution is 2.21. The van der Waals surface area contributed by atoms with Gasteiger partial charge in [-0.25, -0.2) is 4.98 Å². The van der Waals surface area contributed by atoms with Crippen LogP contribution in [0, 0.1) is 0 Å². The largest absolute Gasteiger partial charge is 0.389 e. The Labute approximate surface area is 508 Å². The van der Waals surface area contributed by atoms with E-state index < -0.39 is 145 Å². The summed E-state index contributed by atoms with van der Waals surface area (Å²) in [7, 11) is 0. The zero-order valence-electron chi connectivity index (χ0n) is 50.3. The highest BCUT2D eigenvalue weighted by atomic mass is 16.3. The fraction of sp³-hybridized carbons (Fsp3) is 0.759. The van der Waals surface area contributed by atoms with E-state index in [1.807, 2.05) is 0 Å². The Morgan fingerprint density at radius 1 is 0.517 bits per heavy atom. The third-order valence-electron chi connectivity index (χ3n) is 14.6. The van der Waals surface area contributed by atoms with Crippen molar-refractivity contribution in [2.45, 2.75) is 189 Å². The number of nitrogens with two attached hydrogens (primary N) is 9. The van der Waals surface area contributed by atoms with Gasteiger partial charge in [-0.05, 0) is 148 Å². The number of aliphatic hydroxyl groups excluding tert-OH is 2. The average Bonchev–Trinajstić information content (AvgIpc) is 3.84. The molecule has 0 aliphatic carbocycles. The van der Waals surface area contributed by atoms with E-state index in [9.17, 15) is 58.2 Å². The Hall–Kier alpha value is -6.53. The number of carbonyl (C=O) groups excluding carboxylic acids is 10. The Balaban J connectivity index is 2.34. The summed E-state index contributed by atoms with van der Waals surface area (Å²) in [5.41, 5.74) is 51.9. The number of H-pyrrole nitrogens is 1. The van der Waals surface area contributed by atoms with E-state index in [4.69, 9.17) is 51.6 Å². The van der Waals surface area contributed by atoms with E-state index in [0.717, 1.165) is 0 Å². The second kappa shape index (κ2) is 44.0. The van der Waals surface area contributed by atoms with Crippen LogP contribution in [0.4, 0.5) is 0 Å². The maximum atomic E-state index is 14.5. The second-order valence-corrected chi connectivity index (χ2v) is 21.6. The molecule has 0 bridgehead atoms. The third kappa shape index (κ3) is 28.5. The quantitative estimate of drug-likeness (QED) is 0.0270. The zero-order valence-corrected chi connectivity index (χ0v) is 50.3. The van der Waals surface area contributed by atoms with Gasteiger partial charge in [0.25, 0.3) is 0 Å². The molecule has 87 heavy (non-hydrogen) atoms. The number of hydrogen-bond donors (Lipinski definition) is 21. The predicted molar refractivity (Wildman–Crippen MR) is 323 cm³/mol. The first-order chi connectivity index (χ1) is 41.7. The van der Waals surface area contributed by atoms with Gasteiger partial charge in [0.1, 0.15) is 48.3 Å². The molecular formula is C54H103N21O12. The van der Waals surface area contributed by atoms with E-state index in [1.54, 1.807) is 0 Å². The van der Waals surface area contributed by atoms with E-state index in [2.05, 4.69) is 57.8 Å². The summed E-state index contributed by atoms with van der Waals surface area (Å²) >= 11 is 0. The molecule has 3 unspecified atom stereocenters. The standard InChI is InChI=1S/C54H103N21O12/c55-19-5-1-13-34(63)46(79)73-45(42(77)29-62)53(86)74-44(41(76)28-61)52(85)66-31-43(78)68-38(17-11-24-60)54(87)75-26-12-18-40(75)51(84)72-39(27-33-30-64-32-67-33)50(83)71-37(16-4-8-22-58)49(82)70-36(15-3-7-21-57)48(81)69-35(14-2-6-20-56)47(80)65-25-10-9-23-59/h30,32,34-42,44-45,76-77H,1-29,31,55-63H2,(H,64,67)(H,65,80)(H,66,85)(H,68,78)(H,69,81)(H,70,82)(H,71,83)(H,72,84)(H,73,79)(H,74,86)/t34?,35-,36+,37-,38+,39?,40-,41-,42?,44-,45-/m0/s1. The van der Waals surface area contributed by atoms with Gasteiger partial charge in [0.15, 0.2) is 0 Å². The van der Waals surface area contributed by atoms with Gasteiger partial charge in [0.05, 0.1) is 31.1 Å². The van der Waals surface area contributed by atoms with Gasteiger partial charge in [0, 0.05) is 44.5 Å². The maximum Gasteiger partial charge on any atom is 0.246 e. The summed E-state index contributed by atoms with van der Waals surface area (Å²) in [4.78, 5) is 147. The molecule has 496 valence electrons. The fourth-order valence-electron chi connectivity index (χ4n) is 9.49. The van der Waals surface area contributed by atoms with Crippen LogP contribution in [-0.4, -0.2) is 223 Å². The van der Waals surface area contributed by atoms with Crippen LogP contribution < -0.4 is 99.5 Å². The molecule has 0 aromatic carbocycles. The molecule has 1 fully saturated rings. The molecule has 11 atom stereocenters. The van der Waals surface area contributed by atoms with Crippen LogP contribution in [0.3, 0.4) is 0 Å². The molecule has 1 aliphatic rings. The number of aromatic amines is 1. The molecule has 10 amide bonds. The van der Waals surface area contributed by atoms with Crippen molar-refractivity contribution in [3.05, 3.63) is 18.2 Å². The van der Waals surface area contributed by atoms with Gasteiger partial charge < -0.3 is 120 Å². The van der Waals surface area contributed by atoms with Crippen molar-refractivity contribution in [3.63, 3.8) is 0 Å². The minimum Gasteiger partial charge on any atom is -0.389 e. The van der Waals surface area contributed by atoms with Gasteiger partial charge in [-0.2, -0.15) is 0 Å². The van der Waals surface area contributed by atoms with Gasteiger partial charge >= 0.3 is 0 Å². The monoisotopic (exact) mass is 1240 g/mol. The van der Waals surface area contributed by atoms with E-state index >= 15 is 0 Å². The molecule has 1 aliphatic heterocycles. The van der Waals surface area contributed by atoms with E-state index in [-0.39, 0.29) is 71.0 Å². The van der Waals surface area contributed by atoms with Crippen LogP contribution in [0.15, 0.2) is 12.5 Å². The number of rotatable bonds is 47. The molecule has 2 heterocycles. The number of carbonyl (C=O) groups is 10. The Kier molecular flexibility index (Phi) is 38.7. The van der Waals surface area contributed by atoms with Gasteiger partial charge in [0.2, 0.25) is 59.1 Å². The molecule has 0 radical (unpaired) electrons. The van der Waals surface area contributed by atoms with Crippen molar-refractivity contribution in [2.24, 2.45) is 51.6 Å². The summed E-state index contributed by atoms with van der Waals surface area (Å²) < 4.78 is 0. The zero-order chi connectivity index (χ0) is 64.7. The fourth-order valence-corrected chi connectivity index (χ4v) is 9.49. The lowest BCUT2D eigenvalue weighted by Gasteiger charge is -2.30. The normalized spacial score (nSPS) is 16.5. The molecule has 30 N–H and O–H groups in total. The summed E-state index contributed by atoms with van der Waals surface area (Å²) in [6.45, 7) is 0.435. The van der Waals surface area contributed by atoms with E-state index in [1.165, 1.54) is 17.4 Å². The van der Waals surface area contributed by atoms with Crippen molar-refractivity contribution >= 4 is 59.1 Å². The number of imidazole rings is 1.